The minimum atomic E-state index is -0.539. The first-order valence-corrected chi connectivity index (χ1v) is 7.19. The highest BCUT2D eigenvalue weighted by atomic mass is 35.5. The highest BCUT2D eigenvalue weighted by molar-refractivity contribution is 6.30. The lowest BCUT2D eigenvalue weighted by molar-refractivity contribution is -0.136. The Kier molecular flexibility index (Phi) is 5.41. The van der Waals surface area contributed by atoms with Crippen molar-refractivity contribution in [2.24, 2.45) is 0 Å². The molecule has 1 saturated heterocycles. The molecule has 0 bridgehead atoms. The van der Waals surface area contributed by atoms with Crippen LogP contribution in [0.15, 0.2) is 24.3 Å². The topological polar surface area (TPSA) is 72.9 Å². The molecule has 7 heteroatoms. The molecule has 0 atom stereocenters. The molecule has 21 heavy (non-hydrogen) atoms. The first-order valence-electron chi connectivity index (χ1n) is 6.81. The number of carbonyl (C=O) groups is 2. The minimum absolute atomic E-state index is 0.00668. The molecular formula is C14H18ClN3O3. The fourth-order valence-corrected chi connectivity index (χ4v) is 2.43. The van der Waals surface area contributed by atoms with Gasteiger partial charge in [0.05, 0.1) is 0 Å². The highest BCUT2D eigenvalue weighted by Gasteiger charge is 2.21. The molecule has 1 aliphatic rings. The van der Waals surface area contributed by atoms with E-state index in [0.717, 1.165) is 18.8 Å². The third-order valence-corrected chi connectivity index (χ3v) is 3.77. The zero-order valence-corrected chi connectivity index (χ0v) is 12.3. The van der Waals surface area contributed by atoms with E-state index in [9.17, 15) is 9.59 Å². The second-order valence-corrected chi connectivity index (χ2v) is 5.32. The molecule has 6 nitrogen and oxygen atoms in total. The van der Waals surface area contributed by atoms with Crippen LogP contribution in [0.5, 0.6) is 0 Å². The summed E-state index contributed by atoms with van der Waals surface area (Å²) in [6.07, 6.45) is 0.125. The van der Waals surface area contributed by atoms with Gasteiger partial charge in [-0.25, -0.2) is 5.48 Å². The molecule has 2 amide bonds. The fourth-order valence-electron chi connectivity index (χ4n) is 2.30. The van der Waals surface area contributed by atoms with Gasteiger partial charge in [0.2, 0.25) is 11.8 Å². The smallest absolute Gasteiger partial charge is 0.243 e. The number of anilines is 1. The number of hydrogen-bond acceptors (Lipinski definition) is 4. The average molecular weight is 312 g/mol. The predicted octanol–water partition coefficient (Wildman–Crippen LogP) is 1.27. The summed E-state index contributed by atoms with van der Waals surface area (Å²) in [7, 11) is 0. The molecule has 0 saturated carbocycles. The molecule has 1 heterocycles. The molecule has 0 aliphatic carbocycles. The number of rotatable bonds is 4. The normalized spacial score (nSPS) is 15.0. The van der Waals surface area contributed by atoms with Gasteiger partial charge in [-0.3, -0.25) is 14.8 Å². The van der Waals surface area contributed by atoms with Crippen molar-refractivity contribution >= 4 is 29.1 Å². The van der Waals surface area contributed by atoms with Crippen molar-refractivity contribution in [3.8, 4) is 0 Å². The molecule has 0 unspecified atom stereocenters. The summed E-state index contributed by atoms with van der Waals surface area (Å²) in [4.78, 5) is 26.8. The molecule has 0 radical (unpaired) electrons. The Labute approximate surface area is 128 Å². The molecule has 0 spiro atoms. The molecule has 0 aromatic heterocycles. The summed E-state index contributed by atoms with van der Waals surface area (Å²) >= 11 is 5.87. The van der Waals surface area contributed by atoms with E-state index >= 15 is 0 Å². The number of nitrogens with zero attached hydrogens (tertiary/aromatic N) is 2. The molecule has 2 N–H and O–H groups in total. The fraction of sp³-hybridized carbons (Fsp3) is 0.429. The van der Waals surface area contributed by atoms with Gasteiger partial charge in [0.25, 0.3) is 0 Å². The second-order valence-electron chi connectivity index (χ2n) is 4.88. The van der Waals surface area contributed by atoms with Gasteiger partial charge in [-0.1, -0.05) is 11.6 Å². The van der Waals surface area contributed by atoms with Crippen LogP contribution in [-0.4, -0.2) is 48.1 Å². The number of piperazine rings is 1. The Morgan fingerprint density at radius 3 is 2.29 bits per heavy atom. The van der Waals surface area contributed by atoms with E-state index in [2.05, 4.69) is 4.90 Å². The quantitative estimate of drug-likeness (QED) is 0.649. The molecule has 114 valence electrons. The van der Waals surface area contributed by atoms with Gasteiger partial charge in [-0.05, 0) is 24.3 Å². The number of hydrogen-bond donors (Lipinski definition) is 2. The number of amides is 2. The maximum atomic E-state index is 11.9. The first-order chi connectivity index (χ1) is 10.1. The first kappa shape index (κ1) is 15.6. The van der Waals surface area contributed by atoms with E-state index in [4.69, 9.17) is 16.8 Å². The van der Waals surface area contributed by atoms with E-state index in [0.29, 0.717) is 18.1 Å². The van der Waals surface area contributed by atoms with Crippen molar-refractivity contribution in [1.29, 1.82) is 0 Å². The molecule has 1 aromatic rings. The molecule has 1 fully saturated rings. The largest absolute Gasteiger partial charge is 0.368 e. The Balaban J connectivity index is 1.81. The van der Waals surface area contributed by atoms with Crippen molar-refractivity contribution in [3.63, 3.8) is 0 Å². The van der Waals surface area contributed by atoms with E-state index in [-0.39, 0.29) is 18.7 Å². The maximum absolute atomic E-state index is 11.9. The molecule has 2 rings (SSSR count). The van der Waals surface area contributed by atoms with Crippen LogP contribution in [0.2, 0.25) is 5.02 Å². The van der Waals surface area contributed by atoms with Gasteiger partial charge >= 0.3 is 0 Å². The SMILES string of the molecule is O=C(CCC(=O)N1CCN(c2ccc(Cl)cc2)CC1)NO. The van der Waals surface area contributed by atoms with Gasteiger partial charge in [0.1, 0.15) is 0 Å². The third-order valence-electron chi connectivity index (χ3n) is 3.51. The molecule has 1 aliphatic heterocycles. The number of carbonyl (C=O) groups excluding carboxylic acids is 2. The van der Waals surface area contributed by atoms with E-state index < -0.39 is 5.91 Å². The van der Waals surface area contributed by atoms with E-state index in [1.807, 2.05) is 24.3 Å². The Bertz CT molecular complexity index is 499. The van der Waals surface area contributed by atoms with Crippen LogP contribution < -0.4 is 10.4 Å². The van der Waals surface area contributed by atoms with Crippen LogP contribution in [0, 0.1) is 0 Å². The van der Waals surface area contributed by atoms with Crippen LogP contribution >= 0.6 is 11.6 Å². The van der Waals surface area contributed by atoms with Crippen molar-refractivity contribution in [3.05, 3.63) is 29.3 Å². The summed E-state index contributed by atoms with van der Waals surface area (Å²) in [5.74, 6) is -0.600. The van der Waals surface area contributed by atoms with Crippen LogP contribution in [-0.2, 0) is 9.59 Å². The van der Waals surface area contributed by atoms with E-state index in [1.54, 1.807) is 4.90 Å². The van der Waals surface area contributed by atoms with Crippen LogP contribution in [0.3, 0.4) is 0 Å². The van der Waals surface area contributed by atoms with Crippen molar-refractivity contribution in [1.82, 2.24) is 10.4 Å². The summed E-state index contributed by atoms with van der Waals surface area (Å²) < 4.78 is 0. The van der Waals surface area contributed by atoms with Gasteiger partial charge in [0.15, 0.2) is 0 Å². The molecule has 1 aromatic carbocycles. The standard InChI is InChI=1S/C14H18ClN3O3/c15-11-1-3-12(4-2-11)17-7-9-18(10-8-17)14(20)6-5-13(19)16-21/h1-4,21H,5-10H2,(H,16,19). The Morgan fingerprint density at radius 1 is 1.10 bits per heavy atom. The lowest BCUT2D eigenvalue weighted by Crippen LogP contribution is -2.48. The molecular weight excluding hydrogens is 294 g/mol. The van der Waals surface area contributed by atoms with E-state index in [1.165, 1.54) is 5.48 Å². The predicted molar refractivity (Wildman–Crippen MR) is 79.4 cm³/mol. The van der Waals surface area contributed by atoms with Gasteiger partial charge in [0, 0.05) is 49.7 Å². The average Bonchev–Trinajstić information content (AvgIpc) is 2.53. The third kappa shape index (κ3) is 4.34. The van der Waals surface area contributed by atoms with Crippen molar-refractivity contribution in [2.45, 2.75) is 12.8 Å². The lowest BCUT2D eigenvalue weighted by atomic mass is 10.2. The minimum Gasteiger partial charge on any atom is -0.368 e. The number of halogens is 1. The van der Waals surface area contributed by atoms with Crippen LogP contribution in [0.1, 0.15) is 12.8 Å². The second kappa shape index (κ2) is 7.28. The zero-order valence-electron chi connectivity index (χ0n) is 11.6. The van der Waals surface area contributed by atoms with Crippen molar-refractivity contribution in [2.75, 3.05) is 31.1 Å². The summed E-state index contributed by atoms with van der Waals surface area (Å²) in [5.41, 5.74) is 2.62. The van der Waals surface area contributed by atoms with Crippen LogP contribution in [0.4, 0.5) is 5.69 Å². The maximum Gasteiger partial charge on any atom is 0.243 e. The monoisotopic (exact) mass is 311 g/mol. The lowest BCUT2D eigenvalue weighted by Gasteiger charge is -2.36. The highest BCUT2D eigenvalue weighted by Crippen LogP contribution is 2.19. The van der Waals surface area contributed by atoms with Crippen molar-refractivity contribution < 1.29 is 14.8 Å². The number of benzene rings is 1. The van der Waals surface area contributed by atoms with Crippen LogP contribution in [0.25, 0.3) is 0 Å². The zero-order chi connectivity index (χ0) is 15.2. The number of hydroxylamine groups is 1. The Hall–Kier alpha value is -1.79. The van der Waals surface area contributed by atoms with Gasteiger partial charge in [-0.15, -0.1) is 0 Å². The summed E-state index contributed by atoms with van der Waals surface area (Å²) in [6, 6.07) is 7.63. The summed E-state index contributed by atoms with van der Waals surface area (Å²) in [6.45, 7) is 2.75. The van der Waals surface area contributed by atoms with Gasteiger partial charge < -0.3 is 9.80 Å². The summed E-state index contributed by atoms with van der Waals surface area (Å²) in [5, 5.41) is 9.10. The van der Waals surface area contributed by atoms with Gasteiger partial charge in [-0.2, -0.15) is 0 Å². The Morgan fingerprint density at radius 2 is 1.71 bits per heavy atom. The number of nitrogens with one attached hydrogen (secondary N) is 1.